The lowest BCUT2D eigenvalue weighted by atomic mass is 10.2. The quantitative estimate of drug-likeness (QED) is 0.597. The van der Waals surface area contributed by atoms with Gasteiger partial charge in [0.1, 0.15) is 17.2 Å². The maximum absolute atomic E-state index is 11.2. The summed E-state index contributed by atoms with van der Waals surface area (Å²) >= 11 is 1.37. The molecular formula is C20H21N3O4S. The van der Waals surface area contributed by atoms with Gasteiger partial charge >= 0.3 is 0 Å². The third-order valence-electron chi connectivity index (χ3n) is 4.32. The number of rotatable bonds is 8. The number of benzene rings is 1. The van der Waals surface area contributed by atoms with E-state index in [1.54, 1.807) is 12.3 Å². The van der Waals surface area contributed by atoms with Crippen LogP contribution in [0.1, 0.15) is 38.5 Å². The van der Waals surface area contributed by atoms with Gasteiger partial charge in [-0.3, -0.25) is 4.79 Å². The summed E-state index contributed by atoms with van der Waals surface area (Å²) in [7, 11) is 0. The zero-order valence-electron chi connectivity index (χ0n) is 15.7. The molecule has 0 unspecified atom stereocenters. The molecule has 8 heteroatoms. The van der Waals surface area contributed by atoms with Crippen LogP contribution >= 0.6 is 11.3 Å². The summed E-state index contributed by atoms with van der Waals surface area (Å²) in [6.45, 7) is 4.09. The Bertz CT molecular complexity index is 947. The first-order chi connectivity index (χ1) is 13.6. The van der Waals surface area contributed by atoms with E-state index >= 15 is 0 Å². The maximum Gasteiger partial charge on any atom is 0.279 e. The number of ether oxygens (including phenoxy) is 2. The van der Waals surface area contributed by atoms with E-state index in [0.717, 1.165) is 23.2 Å². The molecule has 1 saturated carbocycles. The molecule has 0 spiro atoms. The van der Waals surface area contributed by atoms with Crippen LogP contribution in [0.4, 0.5) is 0 Å². The van der Waals surface area contributed by atoms with Crippen LogP contribution in [0.25, 0.3) is 10.6 Å². The lowest BCUT2D eigenvalue weighted by Crippen LogP contribution is -2.23. The number of carbonyl (C=O) groups excluding carboxylic acids is 1. The Labute approximate surface area is 166 Å². The van der Waals surface area contributed by atoms with Gasteiger partial charge in [0, 0.05) is 13.0 Å². The van der Waals surface area contributed by atoms with Crippen molar-refractivity contribution in [3.8, 4) is 27.3 Å². The average Bonchev–Trinajstić information content (AvgIpc) is 3.16. The third kappa shape index (κ3) is 4.69. The zero-order valence-corrected chi connectivity index (χ0v) is 16.5. The topological polar surface area (TPSA) is 86.5 Å². The molecule has 2 aromatic heterocycles. The van der Waals surface area contributed by atoms with Crippen LogP contribution in [0.5, 0.6) is 16.7 Å². The van der Waals surface area contributed by atoms with Crippen molar-refractivity contribution in [3.63, 3.8) is 0 Å². The predicted molar refractivity (Wildman–Crippen MR) is 105 cm³/mol. The van der Waals surface area contributed by atoms with E-state index in [-0.39, 0.29) is 11.9 Å². The van der Waals surface area contributed by atoms with Crippen LogP contribution < -0.4 is 14.8 Å². The van der Waals surface area contributed by atoms with Crippen molar-refractivity contribution in [2.75, 3.05) is 6.61 Å². The second-order valence-corrected chi connectivity index (χ2v) is 7.85. The fourth-order valence-corrected chi connectivity index (χ4v) is 3.35. The van der Waals surface area contributed by atoms with Crippen molar-refractivity contribution >= 4 is 17.2 Å². The maximum atomic E-state index is 11.2. The number of aromatic nitrogens is 2. The Hall–Kier alpha value is -2.87. The van der Waals surface area contributed by atoms with Crippen LogP contribution in [0.2, 0.25) is 0 Å². The molecule has 146 valence electrons. The molecule has 1 aliphatic rings. The molecule has 0 saturated heterocycles. The summed E-state index contributed by atoms with van der Waals surface area (Å²) in [5.41, 5.74) is 0.656. The SMILES string of the molecule is CC(=O)N[C@@H](C)c1cc(-c2cnc(Oc3ccc(OCC4CC4)cc3)s2)no1. The molecule has 7 nitrogen and oxygen atoms in total. The highest BCUT2D eigenvalue weighted by atomic mass is 32.1. The lowest BCUT2D eigenvalue weighted by molar-refractivity contribution is -0.119. The summed E-state index contributed by atoms with van der Waals surface area (Å²) in [5.74, 6) is 2.73. The smallest absolute Gasteiger partial charge is 0.279 e. The van der Waals surface area contributed by atoms with Gasteiger partial charge in [-0.15, -0.1) is 0 Å². The molecule has 0 bridgehead atoms. The first-order valence-corrected chi connectivity index (χ1v) is 9.99. The Morgan fingerprint density at radius 2 is 2.07 bits per heavy atom. The molecule has 2 heterocycles. The minimum Gasteiger partial charge on any atom is -0.493 e. The Morgan fingerprint density at radius 1 is 1.32 bits per heavy atom. The largest absolute Gasteiger partial charge is 0.493 e. The molecule has 1 N–H and O–H groups in total. The molecular weight excluding hydrogens is 378 g/mol. The molecule has 28 heavy (non-hydrogen) atoms. The number of carbonyl (C=O) groups is 1. The lowest BCUT2D eigenvalue weighted by Gasteiger charge is -2.06. The first kappa shape index (κ1) is 18.5. The zero-order chi connectivity index (χ0) is 19.5. The molecule has 1 amide bonds. The number of nitrogens with zero attached hydrogens (tertiary/aromatic N) is 2. The fourth-order valence-electron chi connectivity index (χ4n) is 2.61. The van der Waals surface area contributed by atoms with Crippen molar-refractivity contribution in [2.45, 2.75) is 32.7 Å². The van der Waals surface area contributed by atoms with Gasteiger partial charge in [-0.1, -0.05) is 16.5 Å². The fraction of sp³-hybridized carbons (Fsp3) is 0.350. The van der Waals surface area contributed by atoms with E-state index < -0.39 is 0 Å². The van der Waals surface area contributed by atoms with Gasteiger partial charge in [-0.25, -0.2) is 4.98 Å². The predicted octanol–water partition coefficient (Wildman–Crippen LogP) is 4.58. The van der Waals surface area contributed by atoms with Crippen LogP contribution in [-0.4, -0.2) is 22.7 Å². The Kier molecular flexibility index (Phi) is 5.29. The van der Waals surface area contributed by atoms with E-state index in [0.29, 0.717) is 22.4 Å². The van der Waals surface area contributed by atoms with E-state index in [2.05, 4.69) is 15.5 Å². The standard InChI is InChI=1S/C20H21N3O4S/c1-12(22-13(2)24)18-9-17(23-27-18)19-10-21-20(28-19)26-16-7-5-15(6-8-16)25-11-14-3-4-14/h5-10,12,14H,3-4,11H2,1-2H3,(H,22,24)/t12-/m0/s1. The van der Waals surface area contributed by atoms with Gasteiger partial charge in [-0.2, -0.15) is 0 Å². The molecule has 3 aromatic rings. The normalized spacial score (nSPS) is 14.5. The minimum absolute atomic E-state index is 0.122. The molecule has 1 aliphatic carbocycles. The van der Waals surface area contributed by atoms with Crippen LogP contribution in [0, 0.1) is 5.92 Å². The molecule has 1 aromatic carbocycles. The number of hydrogen-bond acceptors (Lipinski definition) is 7. The van der Waals surface area contributed by atoms with E-state index in [1.807, 2.05) is 31.2 Å². The number of hydrogen-bond donors (Lipinski definition) is 1. The molecule has 0 radical (unpaired) electrons. The van der Waals surface area contributed by atoms with Crippen LogP contribution in [-0.2, 0) is 4.79 Å². The molecule has 1 fully saturated rings. The van der Waals surface area contributed by atoms with Gasteiger partial charge in [0.2, 0.25) is 5.91 Å². The van der Waals surface area contributed by atoms with Gasteiger partial charge in [0.15, 0.2) is 5.76 Å². The van der Waals surface area contributed by atoms with Crippen molar-refractivity contribution in [1.29, 1.82) is 0 Å². The third-order valence-corrected chi connectivity index (χ3v) is 5.22. The minimum atomic E-state index is -0.247. The highest BCUT2D eigenvalue weighted by Crippen LogP contribution is 2.34. The van der Waals surface area contributed by atoms with Gasteiger partial charge in [0.25, 0.3) is 5.19 Å². The van der Waals surface area contributed by atoms with E-state index in [4.69, 9.17) is 14.0 Å². The molecule has 1 atom stereocenters. The van der Waals surface area contributed by atoms with E-state index in [1.165, 1.54) is 31.1 Å². The first-order valence-electron chi connectivity index (χ1n) is 9.17. The second kappa shape index (κ2) is 8.02. The highest BCUT2D eigenvalue weighted by molar-refractivity contribution is 7.16. The van der Waals surface area contributed by atoms with Crippen LogP contribution in [0.15, 0.2) is 41.1 Å². The summed E-state index contributed by atoms with van der Waals surface area (Å²) in [6, 6.07) is 9.09. The Morgan fingerprint density at radius 3 is 2.79 bits per heavy atom. The van der Waals surface area contributed by atoms with Crippen molar-refractivity contribution in [2.24, 2.45) is 5.92 Å². The Balaban J connectivity index is 1.37. The van der Waals surface area contributed by atoms with Crippen molar-refractivity contribution < 1.29 is 18.8 Å². The monoisotopic (exact) mass is 399 g/mol. The highest BCUT2D eigenvalue weighted by Gasteiger charge is 2.22. The van der Waals surface area contributed by atoms with E-state index in [9.17, 15) is 4.79 Å². The average molecular weight is 399 g/mol. The van der Waals surface area contributed by atoms with Crippen LogP contribution in [0.3, 0.4) is 0 Å². The summed E-state index contributed by atoms with van der Waals surface area (Å²) < 4.78 is 16.9. The summed E-state index contributed by atoms with van der Waals surface area (Å²) in [6.07, 6.45) is 4.23. The van der Waals surface area contributed by atoms with Crippen molar-refractivity contribution in [3.05, 3.63) is 42.3 Å². The molecule has 0 aliphatic heterocycles. The van der Waals surface area contributed by atoms with Gasteiger partial charge in [-0.05, 0) is 49.9 Å². The van der Waals surface area contributed by atoms with Gasteiger partial charge < -0.3 is 19.3 Å². The number of thiazole rings is 1. The summed E-state index contributed by atoms with van der Waals surface area (Å²) in [4.78, 5) is 16.3. The number of nitrogens with one attached hydrogen (secondary N) is 1. The second-order valence-electron chi connectivity index (χ2n) is 6.85. The van der Waals surface area contributed by atoms with Crippen molar-refractivity contribution in [1.82, 2.24) is 15.5 Å². The summed E-state index contributed by atoms with van der Waals surface area (Å²) in [5, 5.41) is 7.34. The van der Waals surface area contributed by atoms with Gasteiger partial charge in [0.05, 0.1) is 23.7 Å². The molecule has 4 rings (SSSR count). The number of amides is 1.